The monoisotopic (exact) mass is 478 g/mol. The molecule has 1 aliphatic heterocycles. The van der Waals surface area contributed by atoms with Crippen molar-refractivity contribution in [2.75, 3.05) is 6.54 Å². The number of hydrogen-bond acceptors (Lipinski definition) is 5. The maximum atomic E-state index is 12.9. The van der Waals surface area contributed by atoms with Crippen LogP contribution >= 0.6 is 0 Å². The summed E-state index contributed by atoms with van der Waals surface area (Å²) in [4.78, 5) is 29.0. The van der Waals surface area contributed by atoms with Crippen molar-refractivity contribution in [2.45, 2.75) is 59.0 Å². The second kappa shape index (κ2) is 10.6. The van der Waals surface area contributed by atoms with Crippen LogP contribution < -0.4 is 21.5 Å². The van der Waals surface area contributed by atoms with Crippen molar-refractivity contribution in [1.29, 1.82) is 0 Å². The van der Waals surface area contributed by atoms with Crippen molar-refractivity contribution in [2.24, 2.45) is 16.5 Å². The van der Waals surface area contributed by atoms with Crippen LogP contribution in [0.4, 0.5) is 5.69 Å². The minimum atomic E-state index is -0.612. The average Bonchev–Trinajstić information content (AvgIpc) is 2.80. The van der Waals surface area contributed by atoms with Crippen LogP contribution in [0.1, 0.15) is 65.2 Å². The minimum absolute atomic E-state index is 0.00517. The molecule has 0 bridgehead atoms. The summed E-state index contributed by atoms with van der Waals surface area (Å²) in [7, 11) is 0. The van der Waals surface area contributed by atoms with E-state index in [1.165, 1.54) is 6.08 Å². The number of aromatic hydroxyl groups is 1. The zero-order valence-corrected chi connectivity index (χ0v) is 20.8. The molecule has 2 aromatic carbocycles. The van der Waals surface area contributed by atoms with Gasteiger partial charge in [-0.15, -0.1) is 0 Å². The van der Waals surface area contributed by atoms with Gasteiger partial charge in [0.05, 0.1) is 17.7 Å². The maximum Gasteiger partial charge on any atom is 0.243 e. The summed E-state index contributed by atoms with van der Waals surface area (Å²) in [6.07, 6.45) is 5.71. The SMILES string of the molecule is Cc1c(C)c2c(c(C)c1O)C(=O)CC(C)(CCCCNC(=O)C=Cc1ccc(N=C(N)N)cc1)O2. The maximum absolute atomic E-state index is 12.9. The van der Waals surface area contributed by atoms with Crippen molar-refractivity contribution in [3.8, 4) is 11.5 Å². The molecule has 1 atom stereocenters. The fraction of sp³-hybridized carbons (Fsp3) is 0.370. The number of hydrogen-bond donors (Lipinski definition) is 4. The molecular weight excluding hydrogens is 444 g/mol. The highest BCUT2D eigenvalue weighted by Gasteiger charge is 2.39. The Hall–Kier alpha value is -3.81. The van der Waals surface area contributed by atoms with E-state index in [2.05, 4.69) is 10.3 Å². The van der Waals surface area contributed by atoms with Crippen LogP contribution in [0.2, 0.25) is 0 Å². The van der Waals surface area contributed by atoms with E-state index in [0.717, 1.165) is 29.5 Å². The molecule has 0 spiro atoms. The van der Waals surface area contributed by atoms with Crippen LogP contribution in [0, 0.1) is 20.8 Å². The Morgan fingerprint density at radius 1 is 1.14 bits per heavy atom. The summed E-state index contributed by atoms with van der Waals surface area (Å²) in [6, 6.07) is 7.17. The Bertz CT molecular complexity index is 1180. The van der Waals surface area contributed by atoms with Gasteiger partial charge in [-0.2, -0.15) is 0 Å². The molecule has 186 valence electrons. The van der Waals surface area contributed by atoms with Crippen LogP contribution in [0.5, 0.6) is 11.5 Å². The summed E-state index contributed by atoms with van der Waals surface area (Å²) < 4.78 is 6.33. The fourth-order valence-corrected chi connectivity index (χ4v) is 4.29. The highest BCUT2D eigenvalue weighted by Crippen LogP contribution is 2.44. The van der Waals surface area contributed by atoms with Gasteiger partial charge in [-0.1, -0.05) is 12.1 Å². The highest BCUT2D eigenvalue weighted by molar-refractivity contribution is 6.03. The molecule has 0 aromatic heterocycles. The van der Waals surface area contributed by atoms with E-state index < -0.39 is 5.60 Å². The molecule has 1 unspecified atom stereocenters. The van der Waals surface area contributed by atoms with Gasteiger partial charge in [0.2, 0.25) is 5.91 Å². The Kier molecular flexibility index (Phi) is 7.84. The number of guanidine groups is 1. The smallest absolute Gasteiger partial charge is 0.243 e. The molecule has 1 heterocycles. The first-order valence-electron chi connectivity index (χ1n) is 11.7. The first-order valence-corrected chi connectivity index (χ1v) is 11.7. The van der Waals surface area contributed by atoms with Crippen molar-refractivity contribution in [3.63, 3.8) is 0 Å². The molecule has 6 N–H and O–H groups in total. The number of phenols is 1. The van der Waals surface area contributed by atoms with Crippen LogP contribution in [0.15, 0.2) is 35.3 Å². The number of fused-ring (bicyclic) bond motifs is 1. The number of nitrogens with two attached hydrogens (primary N) is 2. The van der Waals surface area contributed by atoms with Gasteiger partial charge in [0, 0.05) is 18.2 Å². The summed E-state index contributed by atoms with van der Waals surface area (Å²) in [6.45, 7) is 7.93. The second-order valence-electron chi connectivity index (χ2n) is 9.29. The highest BCUT2D eigenvalue weighted by atomic mass is 16.5. The molecule has 0 saturated carbocycles. The topological polar surface area (TPSA) is 140 Å². The zero-order valence-electron chi connectivity index (χ0n) is 20.8. The lowest BCUT2D eigenvalue weighted by atomic mass is 9.84. The number of rotatable bonds is 8. The summed E-state index contributed by atoms with van der Waals surface area (Å²) in [5.74, 6) is 0.558. The molecule has 8 heteroatoms. The van der Waals surface area contributed by atoms with E-state index in [9.17, 15) is 14.7 Å². The zero-order chi connectivity index (χ0) is 25.8. The Morgan fingerprint density at radius 3 is 2.49 bits per heavy atom. The van der Waals surface area contributed by atoms with E-state index in [1.807, 2.05) is 32.9 Å². The van der Waals surface area contributed by atoms with E-state index in [-0.39, 0.29) is 29.8 Å². The molecule has 1 aliphatic rings. The third-order valence-corrected chi connectivity index (χ3v) is 6.39. The van der Waals surface area contributed by atoms with Gasteiger partial charge in [-0.3, -0.25) is 9.59 Å². The molecule has 2 aromatic rings. The summed E-state index contributed by atoms with van der Waals surface area (Å²) in [5.41, 5.74) is 14.2. The van der Waals surface area contributed by atoms with Gasteiger partial charge in [-0.05, 0) is 81.9 Å². The first kappa shape index (κ1) is 25.8. The van der Waals surface area contributed by atoms with Crippen molar-refractivity contribution in [3.05, 3.63) is 58.2 Å². The number of aliphatic imine (C=N–C) groups is 1. The molecule has 3 rings (SSSR count). The predicted molar refractivity (Wildman–Crippen MR) is 138 cm³/mol. The number of Topliss-reactive ketones (excluding diaryl/α,β-unsaturated/α-hetero) is 1. The van der Waals surface area contributed by atoms with Crippen molar-refractivity contribution >= 4 is 29.4 Å². The Morgan fingerprint density at radius 2 is 1.83 bits per heavy atom. The van der Waals surface area contributed by atoms with E-state index in [0.29, 0.717) is 35.5 Å². The number of ether oxygens (including phenoxy) is 1. The molecule has 0 saturated heterocycles. The lowest BCUT2D eigenvalue weighted by Crippen LogP contribution is -2.40. The number of nitrogens with one attached hydrogen (secondary N) is 1. The molecular formula is C27H34N4O4. The van der Waals surface area contributed by atoms with Crippen molar-refractivity contribution < 1.29 is 19.4 Å². The lowest BCUT2D eigenvalue weighted by Gasteiger charge is -2.37. The van der Waals surface area contributed by atoms with Crippen LogP contribution in [0.25, 0.3) is 6.08 Å². The van der Waals surface area contributed by atoms with Gasteiger partial charge in [0.15, 0.2) is 11.7 Å². The van der Waals surface area contributed by atoms with Crippen molar-refractivity contribution in [1.82, 2.24) is 5.32 Å². The van der Waals surface area contributed by atoms with Gasteiger partial charge in [-0.25, -0.2) is 4.99 Å². The molecule has 1 amide bonds. The number of benzene rings is 2. The number of nitrogens with zero attached hydrogens (tertiary/aromatic N) is 1. The molecule has 35 heavy (non-hydrogen) atoms. The summed E-state index contributed by atoms with van der Waals surface area (Å²) >= 11 is 0. The number of phenolic OH excluding ortho intramolecular Hbond substituents is 1. The predicted octanol–water partition coefficient (Wildman–Crippen LogP) is 3.95. The number of amides is 1. The van der Waals surface area contributed by atoms with E-state index in [4.69, 9.17) is 16.2 Å². The quantitative estimate of drug-likeness (QED) is 0.196. The van der Waals surface area contributed by atoms with Gasteiger partial charge >= 0.3 is 0 Å². The molecule has 0 fully saturated rings. The third kappa shape index (κ3) is 6.20. The fourth-order valence-electron chi connectivity index (χ4n) is 4.29. The standard InChI is InChI=1S/C27H34N4O4/c1-16-17(2)25-23(18(3)24(16)34)21(32)15-27(4,35-25)13-5-6-14-30-22(33)12-9-19-7-10-20(11-8-19)31-26(28)29/h7-12,34H,5-6,13-15H2,1-4H3,(H,30,33)(H4,28,29,31). The third-order valence-electron chi connectivity index (χ3n) is 6.39. The molecule has 0 aliphatic carbocycles. The number of carbonyl (C=O) groups excluding carboxylic acids is 2. The molecule has 0 radical (unpaired) electrons. The van der Waals surface area contributed by atoms with Gasteiger partial charge < -0.3 is 26.6 Å². The number of ketones is 1. The minimum Gasteiger partial charge on any atom is -0.507 e. The molecule has 8 nitrogen and oxygen atoms in total. The normalized spacial score (nSPS) is 17.1. The Labute approximate surface area is 206 Å². The van der Waals surface area contributed by atoms with Gasteiger partial charge in [0.1, 0.15) is 17.1 Å². The number of carbonyl (C=O) groups is 2. The number of unbranched alkanes of at least 4 members (excludes halogenated alkanes) is 1. The average molecular weight is 479 g/mol. The van der Waals surface area contributed by atoms with Gasteiger partial charge in [0.25, 0.3) is 0 Å². The summed E-state index contributed by atoms with van der Waals surface area (Å²) in [5, 5.41) is 13.2. The van der Waals surface area contributed by atoms with E-state index >= 15 is 0 Å². The van der Waals surface area contributed by atoms with E-state index in [1.54, 1.807) is 25.1 Å². The van der Waals surface area contributed by atoms with Crippen LogP contribution in [-0.4, -0.2) is 34.9 Å². The largest absolute Gasteiger partial charge is 0.507 e. The van der Waals surface area contributed by atoms with Crippen LogP contribution in [0.3, 0.4) is 0 Å². The lowest BCUT2D eigenvalue weighted by molar-refractivity contribution is -0.116. The Balaban J connectivity index is 1.48. The van der Waals surface area contributed by atoms with Crippen LogP contribution in [-0.2, 0) is 4.79 Å². The second-order valence-corrected chi connectivity index (χ2v) is 9.29. The first-order chi connectivity index (χ1) is 16.5.